The molecule has 2 aromatic heterocycles. The molecule has 0 saturated carbocycles. The predicted molar refractivity (Wildman–Crippen MR) is 132 cm³/mol. The van der Waals surface area contributed by atoms with E-state index in [1.165, 1.54) is 6.07 Å². The SMILES string of the molecule is NS(=O)(=O)CCn1nnnc1C(S)C1=C(C(=O)O)N2C(=O)C(NC(=O)C(C(=O)O)c3cccs3)C2SC1. The van der Waals surface area contributed by atoms with Crippen LogP contribution in [0.1, 0.15) is 21.9 Å². The molecular formula is C18H19N7O8S4. The summed E-state index contributed by atoms with van der Waals surface area (Å²) in [4.78, 5) is 50.9. The summed E-state index contributed by atoms with van der Waals surface area (Å²) in [6, 6.07) is 1.96. The number of thioether (sulfide) groups is 1. The Bertz CT molecular complexity index is 1390. The van der Waals surface area contributed by atoms with Crippen molar-refractivity contribution in [2.45, 2.75) is 29.1 Å². The van der Waals surface area contributed by atoms with Gasteiger partial charge in [0.15, 0.2) is 11.7 Å². The third-order valence-electron chi connectivity index (χ3n) is 5.56. The maximum atomic E-state index is 13.0. The van der Waals surface area contributed by atoms with Gasteiger partial charge in [0.1, 0.15) is 17.1 Å². The molecule has 2 aliphatic rings. The number of thiophene rings is 1. The Kier molecular flexibility index (Phi) is 7.60. The Labute approximate surface area is 222 Å². The second-order valence-electron chi connectivity index (χ2n) is 7.89. The van der Waals surface area contributed by atoms with E-state index in [-0.39, 0.29) is 34.3 Å². The lowest BCUT2D eigenvalue weighted by molar-refractivity contribution is -0.152. The highest BCUT2D eigenvalue weighted by molar-refractivity contribution is 8.00. The van der Waals surface area contributed by atoms with Gasteiger partial charge in [-0.2, -0.15) is 12.6 Å². The lowest BCUT2D eigenvalue weighted by Gasteiger charge is -2.50. The smallest absolute Gasteiger partial charge is 0.352 e. The molecule has 4 heterocycles. The number of hydrogen-bond acceptors (Lipinski definition) is 12. The number of nitrogens with zero attached hydrogens (tertiary/aromatic N) is 5. The number of sulfonamides is 1. The number of aromatic nitrogens is 4. The van der Waals surface area contributed by atoms with Crippen LogP contribution in [-0.4, -0.2) is 90.4 Å². The molecule has 4 unspecified atom stereocenters. The largest absolute Gasteiger partial charge is 0.480 e. The van der Waals surface area contributed by atoms with E-state index in [0.29, 0.717) is 0 Å². The van der Waals surface area contributed by atoms with Gasteiger partial charge in [-0.15, -0.1) is 28.2 Å². The van der Waals surface area contributed by atoms with Crippen LogP contribution in [0.15, 0.2) is 28.8 Å². The third-order valence-corrected chi connectivity index (χ3v) is 9.09. The van der Waals surface area contributed by atoms with Gasteiger partial charge in [-0.25, -0.2) is 23.0 Å². The summed E-state index contributed by atoms with van der Waals surface area (Å²) in [5, 5.41) is 37.7. The van der Waals surface area contributed by atoms with Crippen molar-refractivity contribution in [1.82, 2.24) is 30.4 Å². The molecule has 5 N–H and O–H groups in total. The van der Waals surface area contributed by atoms with Gasteiger partial charge in [0.25, 0.3) is 5.91 Å². The number of thiol groups is 1. The third kappa shape index (κ3) is 5.35. The van der Waals surface area contributed by atoms with Crippen molar-refractivity contribution >= 4 is 69.5 Å². The number of amides is 2. The molecule has 1 fully saturated rings. The van der Waals surface area contributed by atoms with Gasteiger partial charge in [0, 0.05) is 10.6 Å². The van der Waals surface area contributed by atoms with Crippen molar-refractivity contribution in [2.75, 3.05) is 11.5 Å². The number of nitrogens with one attached hydrogen (secondary N) is 1. The molecular weight excluding hydrogens is 571 g/mol. The first kappa shape index (κ1) is 27.0. The van der Waals surface area contributed by atoms with Crippen molar-refractivity contribution < 1.29 is 37.8 Å². The fourth-order valence-corrected chi connectivity index (χ4v) is 7.00. The number of carboxylic acids is 2. The fraction of sp³-hybridized carbons (Fsp3) is 0.389. The molecule has 1 saturated heterocycles. The summed E-state index contributed by atoms with van der Waals surface area (Å²) < 4.78 is 23.7. The molecule has 19 heteroatoms. The number of aliphatic carboxylic acids is 2. The zero-order chi connectivity index (χ0) is 27.1. The van der Waals surface area contributed by atoms with E-state index in [9.17, 15) is 37.8 Å². The number of hydrogen-bond donors (Lipinski definition) is 5. The predicted octanol–water partition coefficient (Wildman–Crippen LogP) is -1.40. The maximum absolute atomic E-state index is 13.0. The van der Waals surface area contributed by atoms with Gasteiger partial charge in [0.2, 0.25) is 15.9 Å². The normalized spacial score (nSPS) is 21.1. The van der Waals surface area contributed by atoms with Crippen LogP contribution >= 0.6 is 35.7 Å². The van der Waals surface area contributed by atoms with Crippen molar-refractivity contribution in [2.24, 2.45) is 5.14 Å². The Balaban J connectivity index is 1.56. The number of tetrazole rings is 1. The van der Waals surface area contributed by atoms with E-state index in [4.69, 9.17) is 5.14 Å². The molecule has 37 heavy (non-hydrogen) atoms. The summed E-state index contributed by atoms with van der Waals surface area (Å²) in [6.45, 7) is -0.199. The molecule has 0 aliphatic carbocycles. The van der Waals surface area contributed by atoms with E-state index in [1.54, 1.807) is 11.4 Å². The van der Waals surface area contributed by atoms with Crippen LogP contribution in [0, 0.1) is 0 Å². The minimum Gasteiger partial charge on any atom is -0.480 e. The Morgan fingerprint density at radius 2 is 2.05 bits per heavy atom. The highest BCUT2D eigenvalue weighted by Crippen LogP contribution is 2.45. The number of nitrogens with two attached hydrogens (primary N) is 1. The van der Waals surface area contributed by atoms with Gasteiger partial charge in [-0.05, 0) is 27.4 Å². The van der Waals surface area contributed by atoms with Crippen LogP contribution in [0.3, 0.4) is 0 Å². The maximum Gasteiger partial charge on any atom is 0.352 e. The van der Waals surface area contributed by atoms with Crippen molar-refractivity contribution in [3.8, 4) is 0 Å². The molecule has 15 nitrogen and oxygen atoms in total. The van der Waals surface area contributed by atoms with Gasteiger partial charge < -0.3 is 15.5 Å². The van der Waals surface area contributed by atoms with E-state index in [1.807, 2.05) is 0 Å². The molecule has 0 radical (unpaired) electrons. The minimum atomic E-state index is -3.82. The average molecular weight is 590 g/mol. The lowest BCUT2D eigenvalue weighted by atomic mass is 9.99. The van der Waals surface area contributed by atoms with E-state index < -0.39 is 62.1 Å². The molecule has 2 aromatic rings. The second kappa shape index (κ2) is 10.4. The van der Waals surface area contributed by atoms with Crippen LogP contribution < -0.4 is 10.5 Å². The molecule has 198 valence electrons. The van der Waals surface area contributed by atoms with Crippen molar-refractivity contribution in [3.63, 3.8) is 0 Å². The Morgan fingerprint density at radius 1 is 1.32 bits per heavy atom. The van der Waals surface area contributed by atoms with Crippen LogP contribution in [0.5, 0.6) is 0 Å². The topological polar surface area (TPSA) is 228 Å². The van der Waals surface area contributed by atoms with E-state index in [2.05, 4.69) is 33.5 Å². The Hall–Kier alpha value is -3.00. The number of rotatable bonds is 10. The van der Waals surface area contributed by atoms with Crippen molar-refractivity contribution in [1.29, 1.82) is 0 Å². The quantitative estimate of drug-likeness (QED) is 0.122. The van der Waals surface area contributed by atoms with E-state index in [0.717, 1.165) is 32.7 Å². The summed E-state index contributed by atoms with van der Waals surface area (Å²) >= 11 is 6.68. The number of fused-ring (bicyclic) bond motifs is 1. The van der Waals surface area contributed by atoms with Gasteiger partial charge >= 0.3 is 11.9 Å². The number of carbonyl (C=O) groups excluding carboxylic acids is 2. The number of β-lactam (4-membered cyclic amide) rings is 1. The van der Waals surface area contributed by atoms with Crippen LogP contribution in [-0.2, 0) is 35.7 Å². The zero-order valence-corrected chi connectivity index (χ0v) is 21.8. The number of carbonyl (C=O) groups is 4. The summed E-state index contributed by atoms with van der Waals surface area (Å²) in [5.41, 5.74) is -0.183. The fourth-order valence-electron chi connectivity index (χ4n) is 3.84. The number of primary sulfonamides is 1. The zero-order valence-electron chi connectivity index (χ0n) is 18.5. The summed E-state index contributed by atoms with van der Waals surface area (Å²) in [5.74, 6) is -6.30. The molecule has 0 bridgehead atoms. The lowest BCUT2D eigenvalue weighted by Crippen LogP contribution is -2.71. The van der Waals surface area contributed by atoms with Crippen LogP contribution in [0.4, 0.5) is 0 Å². The standard InChI is InChI=1S/C18H19N7O8S4/c19-37(32,33)5-3-24-13(21-22-23-24)12(34)7-6-36-16-10(15(27)25(16)11(7)18(30)31)20-14(26)9(17(28)29)8-2-1-4-35-8/h1-2,4,9-10,12,16,34H,3,5-6H2,(H,20,26)(H,28,29)(H,30,31)(H2,19,32,33). The molecule has 0 aromatic carbocycles. The van der Waals surface area contributed by atoms with Gasteiger partial charge in [0.05, 0.1) is 17.5 Å². The molecule has 2 aliphatic heterocycles. The van der Waals surface area contributed by atoms with E-state index >= 15 is 0 Å². The molecule has 2 amide bonds. The minimum absolute atomic E-state index is 0.0536. The van der Waals surface area contributed by atoms with Gasteiger partial charge in [-0.3, -0.25) is 19.3 Å². The first-order valence-electron chi connectivity index (χ1n) is 10.3. The Morgan fingerprint density at radius 3 is 2.65 bits per heavy atom. The molecule has 4 atom stereocenters. The number of aryl methyl sites for hydroxylation is 1. The monoisotopic (exact) mass is 589 g/mol. The highest BCUT2D eigenvalue weighted by atomic mass is 32.2. The first-order chi connectivity index (χ1) is 17.4. The summed E-state index contributed by atoms with van der Waals surface area (Å²) in [6.07, 6.45) is 0. The van der Waals surface area contributed by atoms with Gasteiger partial charge in [-0.1, -0.05) is 6.07 Å². The number of carboxylic acid groups (broad SMARTS) is 2. The first-order valence-corrected chi connectivity index (χ1v) is 14.5. The second-order valence-corrected chi connectivity index (χ2v) is 12.2. The average Bonchev–Trinajstić information content (AvgIpc) is 3.51. The van der Waals surface area contributed by atoms with Crippen LogP contribution in [0.25, 0.3) is 0 Å². The molecule has 4 rings (SSSR count). The summed E-state index contributed by atoms with van der Waals surface area (Å²) in [7, 11) is -3.82. The van der Waals surface area contributed by atoms with Crippen LogP contribution in [0.2, 0.25) is 0 Å². The molecule has 0 spiro atoms. The van der Waals surface area contributed by atoms with Crippen molar-refractivity contribution in [3.05, 3.63) is 39.5 Å². The highest BCUT2D eigenvalue weighted by Gasteiger charge is 2.55.